The average Bonchev–Trinajstić information content (AvgIpc) is 3.89. The van der Waals surface area contributed by atoms with E-state index in [1.807, 2.05) is 50.2 Å². The topological polar surface area (TPSA) is 53.4 Å². The number of alkyl halides is 3. The molecule has 0 saturated heterocycles. The van der Waals surface area contributed by atoms with Crippen molar-refractivity contribution in [3.63, 3.8) is 0 Å². The number of aromatic hydroxyl groups is 2. The van der Waals surface area contributed by atoms with Crippen LogP contribution < -0.4 is 0 Å². The normalized spacial score (nSPS) is 31.6. The van der Waals surface area contributed by atoms with Crippen LogP contribution in [0.4, 0.5) is 13.2 Å². The number of phenolic OH excluding ortho intramolecular Hbond substituents is 2. The van der Waals surface area contributed by atoms with E-state index in [0.717, 1.165) is 70.9 Å². The van der Waals surface area contributed by atoms with E-state index in [-0.39, 0.29) is 50.0 Å². The number of halogens is 3. The predicted molar refractivity (Wildman–Crippen MR) is 254 cm³/mol. The number of nitrogens with zero attached hydrogens (tertiary/aromatic N) is 1. The largest absolute Gasteiger partial charge is 0.507 e. The second-order valence-corrected chi connectivity index (χ2v) is 24.7. The molecule has 0 radical (unpaired) electrons. The number of phenols is 2. The quantitative estimate of drug-likeness (QED) is 0.179. The Kier molecular flexibility index (Phi) is 8.57. The van der Waals surface area contributed by atoms with Gasteiger partial charge in [-0.2, -0.15) is 13.2 Å². The molecule has 5 aromatic rings. The highest BCUT2D eigenvalue weighted by Crippen LogP contribution is 2.87. The second-order valence-electron chi connectivity index (χ2n) is 24.7. The summed E-state index contributed by atoms with van der Waals surface area (Å²) in [5.41, 5.74) is 9.18. The number of benzene rings is 4. The second kappa shape index (κ2) is 13.3. The molecule has 7 unspecified atom stereocenters. The van der Waals surface area contributed by atoms with Crippen LogP contribution >= 0.6 is 0 Å². The first kappa shape index (κ1) is 41.8. The fourth-order valence-corrected chi connectivity index (χ4v) is 16.4. The number of rotatable bonds is 6. The summed E-state index contributed by atoms with van der Waals surface area (Å²) in [6, 6.07) is 22.9. The minimum atomic E-state index is -4.66. The molecule has 0 aliphatic heterocycles. The Morgan fingerprint density at radius 1 is 0.492 bits per heavy atom. The fraction of sp³-hybridized carbons (Fsp3) is 0.508. The molecule has 1 heterocycles. The maximum atomic E-state index is 15.4. The van der Waals surface area contributed by atoms with Gasteiger partial charge >= 0.3 is 6.18 Å². The molecule has 3 nitrogen and oxygen atoms in total. The van der Waals surface area contributed by atoms with Crippen LogP contribution in [0.1, 0.15) is 145 Å². The number of aryl methyl sites for hydroxylation is 2. The Balaban J connectivity index is 1.05. The van der Waals surface area contributed by atoms with E-state index in [0.29, 0.717) is 57.1 Å². The van der Waals surface area contributed by atoms with Gasteiger partial charge in [0.25, 0.3) is 0 Å². The summed E-state index contributed by atoms with van der Waals surface area (Å²) in [6.45, 7) is 17.1. The molecule has 1 spiro atoms. The first-order chi connectivity index (χ1) is 30.6. The predicted octanol–water partition coefficient (Wildman–Crippen LogP) is 15.5. The molecule has 8 saturated carbocycles. The Morgan fingerprint density at radius 2 is 1.02 bits per heavy atom. The Labute approximate surface area is 383 Å². The van der Waals surface area contributed by atoms with Gasteiger partial charge in [-0.05, 0) is 188 Å². The molecule has 8 fully saturated rings. The highest BCUT2D eigenvalue weighted by Gasteiger charge is 2.81. The lowest BCUT2D eigenvalue weighted by molar-refractivity contribution is -0.199. The molecule has 0 amide bonds. The molecule has 8 aliphatic carbocycles. The molecule has 6 heteroatoms. The minimum absolute atomic E-state index is 0.0518. The summed E-state index contributed by atoms with van der Waals surface area (Å²) in [5, 5.41) is 25.4. The van der Waals surface area contributed by atoms with Crippen molar-refractivity contribution in [1.82, 2.24) is 4.98 Å². The van der Waals surface area contributed by atoms with Gasteiger partial charge in [0.05, 0.1) is 17.0 Å². The van der Waals surface area contributed by atoms with Crippen molar-refractivity contribution in [3.05, 3.63) is 112 Å². The molecule has 4 aromatic carbocycles. The minimum Gasteiger partial charge on any atom is -0.507 e. The number of hydrogen-bond donors (Lipinski definition) is 2. The van der Waals surface area contributed by atoms with E-state index in [9.17, 15) is 10.2 Å². The summed E-state index contributed by atoms with van der Waals surface area (Å²) >= 11 is 0. The number of hydrogen-bond acceptors (Lipinski definition) is 3. The molecule has 7 atom stereocenters. The van der Waals surface area contributed by atoms with Gasteiger partial charge in [0.2, 0.25) is 0 Å². The fourth-order valence-electron chi connectivity index (χ4n) is 16.4. The Hall–Kier alpha value is -4.58. The maximum absolute atomic E-state index is 15.4. The first-order valence-electron chi connectivity index (χ1n) is 24.7. The first-order valence-corrected chi connectivity index (χ1v) is 24.7. The maximum Gasteiger partial charge on any atom is 0.416 e. The van der Waals surface area contributed by atoms with Crippen LogP contribution in [0.25, 0.3) is 44.8 Å². The summed E-state index contributed by atoms with van der Waals surface area (Å²) < 4.78 is 46.1. The zero-order chi connectivity index (χ0) is 45.5. The van der Waals surface area contributed by atoms with Crippen LogP contribution in [0.15, 0.2) is 72.8 Å². The monoisotopic (exact) mass is 875 g/mol. The van der Waals surface area contributed by atoms with Gasteiger partial charge < -0.3 is 10.2 Å². The summed E-state index contributed by atoms with van der Waals surface area (Å²) in [5.74, 6) is 4.60. The van der Waals surface area contributed by atoms with Crippen LogP contribution in [0.5, 0.6) is 11.5 Å². The van der Waals surface area contributed by atoms with E-state index < -0.39 is 11.7 Å². The van der Waals surface area contributed by atoms with Gasteiger partial charge in [-0.3, -0.25) is 0 Å². The molecule has 65 heavy (non-hydrogen) atoms. The molecule has 13 rings (SSSR count). The summed E-state index contributed by atoms with van der Waals surface area (Å²) in [6.07, 6.45) is 7.31. The van der Waals surface area contributed by atoms with Crippen LogP contribution in [0, 0.1) is 54.8 Å². The molecular weight excluding hydrogens is 812 g/mol. The van der Waals surface area contributed by atoms with Crippen LogP contribution in [0.2, 0.25) is 0 Å². The summed E-state index contributed by atoms with van der Waals surface area (Å²) in [7, 11) is 0. The molecule has 338 valence electrons. The van der Waals surface area contributed by atoms with Crippen molar-refractivity contribution in [3.8, 4) is 56.3 Å². The van der Waals surface area contributed by atoms with Crippen molar-refractivity contribution < 1.29 is 23.4 Å². The number of pyridine rings is 1. The lowest BCUT2D eigenvalue weighted by Gasteiger charge is -2.73. The van der Waals surface area contributed by atoms with E-state index in [1.54, 1.807) is 0 Å². The highest BCUT2D eigenvalue weighted by molar-refractivity contribution is 5.90. The van der Waals surface area contributed by atoms with Gasteiger partial charge in [0.15, 0.2) is 0 Å². The SMILES string of the molecule is Cc1ccc(-c2cc(C(C)(C)C)cc(C34CC5CC(CC3C5)C4)c2O)c(-c2cc(C(F)(F)F)cc(-c3cc(C)ccc3-c3cc(C(C)(C)C)cc(C45CC6CC7CC(C4)C75C6)c3O)n2)c1. The Bertz CT molecular complexity index is 2840. The highest BCUT2D eigenvalue weighted by atomic mass is 19.4. The van der Waals surface area contributed by atoms with Crippen molar-refractivity contribution in [1.29, 1.82) is 0 Å². The lowest BCUT2D eigenvalue weighted by Crippen LogP contribution is -2.68. The third-order valence-electron chi connectivity index (χ3n) is 19.0. The number of fused-ring (bicyclic) bond motifs is 1. The molecule has 2 N–H and O–H groups in total. The van der Waals surface area contributed by atoms with Crippen LogP contribution in [0.3, 0.4) is 0 Å². The van der Waals surface area contributed by atoms with E-state index in [1.165, 1.54) is 50.7 Å². The third-order valence-corrected chi connectivity index (χ3v) is 19.0. The number of aromatic nitrogens is 1. The molecule has 8 aliphatic rings. The molecule has 6 bridgehead atoms. The standard InChI is InChI=1S/C59H64F3NO2/c1-31-9-11-42(46-20-36(54(3,4)5)22-48(52(46)64)56-26-33-15-34(27-56)17-38(56)16-33)44(13-31)50-24-40(59(60,61)62)25-51(63-50)45-14-32(2)10-12-43(45)47-21-37(55(6,7)8)23-49(53(47)65)57-28-35-18-39-19-41(30-57)58(39,57)29-35/h9-14,20-25,33-35,38-39,41,64-65H,15-19,26-30H2,1-8H3. The molecular formula is C59H64F3NO2. The van der Waals surface area contributed by atoms with Gasteiger partial charge in [-0.25, -0.2) is 4.98 Å². The molecule has 1 aromatic heterocycles. The van der Waals surface area contributed by atoms with Crippen molar-refractivity contribution >= 4 is 0 Å². The van der Waals surface area contributed by atoms with Crippen LogP contribution in [-0.2, 0) is 27.8 Å². The average molecular weight is 876 g/mol. The zero-order valence-electron chi connectivity index (χ0n) is 39.4. The van der Waals surface area contributed by atoms with Crippen LogP contribution in [-0.4, -0.2) is 15.2 Å². The third kappa shape index (κ3) is 5.82. The van der Waals surface area contributed by atoms with Crippen molar-refractivity contribution in [2.24, 2.45) is 40.9 Å². The zero-order valence-corrected chi connectivity index (χ0v) is 39.4. The van der Waals surface area contributed by atoms with Gasteiger partial charge in [0, 0.05) is 44.2 Å². The lowest BCUT2D eigenvalue weighted by atomic mass is 9.30. The van der Waals surface area contributed by atoms with Crippen molar-refractivity contribution in [2.75, 3.05) is 0 Å². The van der Waals surface area contributed by atoms with E-state index >= 15 is 13.2 Å². The Morgan fingerprint density at radius 3 is 1.52 bits per heavy atom. The van der Waals surface area contributed by atoms with E-state index in [4.69, 9.17) is 4.98 Å². The van der Waals surface area contributed by atoms with Crippen molar-refractivity contribution in [2.45, 2.75) is 147 Å². The van der Waals surface area contributed by atoms with Gasteiger partial charge in [-0.1, -0.05) is 89.1 Å². The summed E-state index contributed by atoms with van der Waals surface area (Å²) in [4.78, 5) is 5.23. The van der Waals surface area contributed by atoms with Gasteiger partial charge in [0.1, 0.15) is 11.5 Å². The van der Waals surface area contributed by atoms with Gasteiger partial charge in [-0.15, -0.1) is 0 Å². The van der Waals surface area contributed by atoms with E-state index in [2.05, 4.69) is 65.8 Å². The smallest absolute Gasteiger partial charge is 0.416 e.